The zero-order valence-electron chi connectivity index (χ0n) is 12.3. The Kier molecular flexibility index (Phi) is 6.88. The first kappa shape index (κ1) is 15.4. The third kappa shape index (κ3) is 5.25. The topological polar surface area (TPSA) is 17.1 Å². The standard InChI is InChI=1S/C16H18O.C2H6/c1-13(17)6-5-7-14-10-11-15-8-3-2-4-9-16(15)12-14;1-2/h3-4,8-12H,2,5-7H2,1H3;1-2H3. The molecule has 0 aromatic heterocycles. The van der Waals surface area contributed by atoms with Crippen molar-refractivity contribution in [2.45, 2.75) is 46.5 Å². The minimum absolute atomic E-state index is 0.280. The van der Waals surface area contributed by atoms with E-state index in [1.165, 1.54) is 16.7 Å². The van der Waals surface area contributed by atoms with Crippen LogP contribution in [-0.4, -0.2) is 5.78 Å². The van der Waals surface area contributed by atoms with Crippen molar-refractivity contribution >= 4 is 17.9 Å². The number of rotatable bonds is 4. The summed E-state index contributed by atoms with van der Waals surface area (Å²) >= 11 is 0. The van der Waals surface area contributed by atoms with Crippen LogP contribution in [0.1, 0.15) is 56.7 Å². The Labute approximate surface area is 117 Å². The summed E-state index contributed by atoms with van der Waals surface area (Å²) in [6, 6.07) is 6.58. The third-order valence-electron chi connectivity index (χ3n) is 3.01. The number of hydrogen-bond acceptors (Lipinski definition) is 1. The van der Waals surface area contributed by atoms with E-state index < -0.39 is 0 Å². The van der Waals surface area contributed by atoms with Gasteiger partial charge in [0, 0.05) is 6.42 Å². The molecule has 0 amide bonds. The molecule has 1 heteroatoms. The van der Waals surface area contributed by atoms with Crippen LogP contribution >= 0.6 is 0 Å². The minimum Gasteiger partial charge on any atom is -0.300 e. The Morgan fingerprint density at radius 1 is 1.11 bits per heavy atom. The Balaban J connectivity index is 0.000000861. The Morgan fingerprint density at radius 3 is 2.47 bits per heavy atom. The third-order valence-corrected chi connectivity index (χ3v) is 3.01. The molecular weight excluding hydrogens is 232 g/mol. The largest absolute Gasteiger partial charge is 0.300 e. The molecule has 1 aliphatic carbocycles. The highest BCUT2D eigenvalue weighted by molar-refractivity contribution is 5.75. The van der Waals surface area contributed by atoms with Crippen molar-refractivity contribution in [3.8, 4) is 0 Å². The fraction of sp³-hybridized carbons (Fsp3) is 0.389. The summed E-state index contributed by atoms with van der Waals surface area (Å²) < 4.78 is 0. The number of carbonyl (C=O) groups is 1. The van der Waals surface area contributed by atoms with Crippen molar-refractivity contribution in [2.24, 2.45) is 0 Å². The van der Waals surface area contributed by atoms with Crippen LogP contribution in [0.3, 0.4) is 0 Å². The van der Waals surface area contributed by atoms with Crippen molar-refractivity contribution in [3.63, 3.8) is 0 Å². The molecular formula is C18H24O. The predicted molar refractivity (Wildman–Crippen MR) is 84.1 cm³/mol. The van der Waals surface area contributed by atoms with Gasteiger partial charge in [0.05, 0.1) is 0 Å². The summed E-state index contributed by atoms with van der Waals surface area (Å²) in [4.78, 5) is 10.9. The van der Waals surface area contributed by atoms with Crippen molar-refractivity contribution in [1.29, 1.82) is 0 Å². The SMILES string of the molecule is CC.CC(=O)CCCc1ccc2c(c1)C=CCC=C2. The van der Waals surface area contributed by atoms with Gasteiger partial charge in [0.1, 0.15) is 5.78 Å². The lowest BCUT2D eigenvalue weighted by atomic mass is 10.00. The Morgan fingerprint density at radius 2 is 1.79 bits per heavy atom. The molecule has 102 valence electrons. The molecule has 0 atom stereocenters. The van der Waals surface area contributed by atoms with E-state index in [4.69, 9.17) is 0 Å². The average Bonchev–Trinajstić information content (AvgIpc) is 2.65. The van der Waals surface area contributed by atoms with Gasteiger partial charge in [-0.25, -0.2) is 0 Å². The number of allylic oxidation sites excluding steroid dienone is 2. The summed E-state index contributed by atoms with van der Waals surface area (Å²) in [6.45, 7) is 5.66. The smallest absolute Gasteiger partial charge is 0.129 e. The fourth-order valence-corrected chi connectivity index (χ4v) is 2.09. The van der Waals surface area contributed by atoms with E-state index in [0.717, 1.165) is 19.3 Å². The van der Waals surface area contributed by atoms with Crippen molar-refractivity contribution < 1.29 is 4.79 Å². The molecule has 0 unspecified atom stereocenters. The molecule has 0 N–H and O–H groups in total. The molecule has 1 aromatic carbocycles. The minimum atomic E-state index is 0.280. The van der Waals surface area contributed by atoms with Gasteiger partial charge in [-0.1, -0.05) is 56.4 Å². The number of ketones is 1. The summed E-state index contributed by atoms with van der Waals surface area (Å²) in [5, 5.41) is 0. The molecule has 0 radical (unpaired) electrons. The number of Topliss-reactive ketones (excluding diaryl/α,β-unsaturated/α-hetero) is 1. The van der Waals surface area contributed by atoms with E-state index in [1.54, 1.807) is 6.92 Å². The zero-order valence-corrected chi connectivity index (χ0v) is 12.3. The van der Waals surface area contributed by atoms with Gasteiger partial charge in [0.15, 0.2) is 0 Å². The zero-order chi connectivity index (χ0) is 14.1. The Bertz CT molecular complexity index is 467. The first-order chi connectivity index (χ1) is 9.25. The van der Waals surface area contributed by atoms with E-state index >= 15 is 0 Å². The monoisotopic (exact) mass is 256 g/mol. The summed E-state index contributed by atoms with van der Waals surface area (Å²) in [5.41, 5.74) is 3.90. The molecule has 2 rings (SSSR count). The van der Waals surface area contributed by atoms with Crippen LogP contribution in [0.5, 0.6) is 0 Å². The Hall–Kier alpha value is -1.63. The molecule has 0 fully saturated rings. The fourth-order valence-electron chi connectivity index (χ4n) is 2.09. The maximum absolute atomic E-state index is 10.9. The lowest BCUT2D eigenvalue weighted by Crippen LogP contribution is -1.93. The van der Waals surface area contributed by atoms with Crippen molar-refractivity contribution in [2.75, 3.05) is 0 Å². The molecule has 19 heavy (non-hydrogen) atoms. The second kappa shape index (κ2) is 8.47. The molecule has 1 aliphatic rings. The normalized spacial score (nSPS) is 12.2. The number of hydrogen-bond donors (Lipinski definition) is 0. The van der Waals surface area contributed by atoms with Crippen LogP contribution in [0.15, 0.2) is 30.4 Å². The van der Waals surface area contributed by atoms with Gasteiger partial charge in [0.2, 0.25) is 0 Å². The predicted octanol–water partition coefficient (Wildman–Crippen LogP) is 5.05. The number of fused-ring (bicyclic) bond motifs is 1. The van der Waals surface area contributed by atoms with Gasteiger partial charge >= 0.3 is 0 Å². The lowest BCUT2D eigenvalue weighted by molar-refractivity contribution is -0.117. The highest BCUT2D eigenvalue weighted by Gasteiger charge is 2.02. The highest BCUT2D eigenvalue weighted by Crippen LogP contribution is 2.20. The molecule has 0 heterocycles. The molecule has 1 aromatic rings. The van der Waals surface area contributed by atoms with Crippen LogP contribution in [0, 0.1) is 0 Å². The lowest BCUT2D eigenvalue weighted by Gasteiger charge is -2.05. The second-order valence-electron chi connectivity index (χ2n) is 4.56. The summed E-state index contributed by atoms with van der Waals surface area (Å²) in [5.74, 6) is 0.280. The first-order valence-electron chi connectivity index (χ1n) is 7.21. The van der Waals surface area contributed by atoms with Gasteiger partial charge in [-0.3, -0.25) is 0 Å². The van der Waals surface area contributed by atoms with Gasteiger partial charge in [-0.2, -0.15) is 0 Å². The van der Waals surface area contributed by atoms with E-state index in [2.05, 4.69) is 42.5 Å². The van der Waals surface area contributed by atoms with Crippen LogP contribution in [0.25, 0.3) is 12.2 Å². The van der Waals surface area contributed by atoms with E-state index in [-0.39, 0.29) is 5.78 Å². The maximum Gasteiger partial charge on any atom is 0.129 e. The quantitative estimate of drug-likeness (QED) is 0.736. The van der Waals surface area contributed by atoms with Gasteiger partial charge in [-0.15, -0.1) is 0 Å². The average molecular weight is 256 g/mol. The van der Waals surface area contributed by atoms with Crippen molar-refractivity contribution in [3.05, 3.63) is 47.0 Å². The number of aryl methyl sites for hydroxylation is 1. The van der Waals surface area contributed by atoms with E-state index in [0.29, 0.717) is 6.42 Å². The molecule has 0 aliphatic heterocycles. The summed E-state index contributed by atoms with van der Waals surface area (Å²) in [7, 11) is 0. The van der Waals surface area contributed by atoms with Crippen LogP contribution in [-0.2, 0) is 11.2 Å². The van der Waals surface area contributed by atoms with E-state index in [9.17, 15) is 4.79 Å². The van der Waals surface area contributed by atoms with Crippen LogP contribution < -0.4 is 0 Å². The molecule has 0 saturated carbocycles. The molecule has 0 spiro atoms. The molecule has 1 nitrogen and oxygen atoms in total. The van der Waals surface area contributed by atoms with Gasteiger partial charge < -0.3 is 4.79 Å². The van der Waals surface area contributed by atoms with Crippen molar-refractivity contribution in [1.82, 2.24) is 0 Å². The maximum atomic E-state index is 10.9. The second-order valence-corrected chi connectivity index (χ2v) is 4.56. The molecule has 0 saturated heterocycles. The highest BCUT2D eigenvalue weighted by atomic mass is 16.1. The van der Waals surface area contributed by atoms with Crippen LogP contribution in [0.4, 0.5) is 0 Å². The molecule has 0 bridgehead atoms. The van der Waals surface area contributed by atoms with E-state index in [1.807, 2.05) is 13.8 Å². The number of carbonyl (C=O) groups excluding carboxylic acids is 1. The van der Waals surface area contributed by atoms with Gasteiger partial charge in [-0.05, 0) is 42.9 Å². The van der Waals surface area contributed by atoms with Crippen LogP contribution in [0.2, 0.25) is 0 Å². The summed E-state index contributed by atoms with van der Waals surface area (Å²) in [6.07, 6.45) is 12.4. The first-order valence-corrected chi connectivity index (χ1v) is 7.21. The number of benzene rings is 1. The van der Waals surface area contributed by atoms with Gasteiger partial charge in [0.25, 0.3) is 0 Å².